The third-order valence-corrected chi connectivity index (χ3v) is 5.12. The number of nitrogens with zero attached hydrogens (tertiary/aromatic N) is 3. The molecule has 0 radical (unpaired) electrons. The Labute approximate surface area is 192 Å². The largest absolute Gasteiger partial charge is 0.493 e. The van der Waals surface area contributed by atoms with Crippen LogP contribution in [0.4, 0.5) is 0 Å². The summed E-state index contributed by atoms with van der Waals surface area (Å²) in [7, 11) is 1.59. The van der Waals surface area contributed by atoms with Crippen molar-refractivity contribution in [1.82, 2.24) is 14.6 Å². The van der Waals surface area contributed by atoms with E-state index in [0.717, 1.165) is 28.9 Å². The minimum absolute atomic E-state index is 0.0331. The third kappa shape index (κ3) is 5.32. The number of fused-ring (bicyclic) bond motifs is 1. The molecule has 4 rings (SSSR count). The summed E-state index contributed by atoms with van der Waals surface area (Å²) in [5, 5.41) is 14.8. The lowest BCUT2D eigenvalue weighted by molar-refractivity contribution is 0.0599. The van der Waals surface area contributed by atoms with Gasteiger partial charge in [0, 0.05) is 17.3 Å². The molecule has 2 aromatic carbocycles. The summed E-state index contributed by atoms with van der Waals surface area (Å²) in [6.45, 7) is 5.80. The van der Waals surface area contributed by atoms with Gasteiger partial charge in [-0.05, 0) is 37.1 Å². The Morgan fingerprint density at radius 2 is 1.82 bits per heavy atom. The molecule has 0 aliphatic heterocycles. The minimum Gasteiger partial charge on any atom is -0.493 e. The Kier molecular flexibility index (Phi) is 6.90. The van der Waals surface area contributed by atoms with Crippen LogP contribution in [-0.2, 0) is 6.42 Å². The van der Waals surface area contributed by atoms with Gasteiger partial charge in [0.05, 0.1) is 12.8 Å². The van der Waals surface area contributed by atoms with Gasteiger partial charge in [0.1, 0.15) is 19.3 Å². The molecule has 2 aromatic heterocycles. The lowest BCUT2D eigenvalue weighted by atomic mass is 10.1. The first-order valence-electron chi connectivity index (χ1n) is 10.7. The van der Waals surface area contributed by atoms with E-state index in [1.807, 2.05) is 67.6 Å². The summed E-state index contributed by atoms with van der Waals surface area (Å²) in [5.74, 6) is 1.56. The van der Waals surface area contributed by atoms with Crippen LogP contribution in [0.15, 0.2) is 73.3 Å². The second kappa shape index (κ2) is 10.2. The Hall–Kier alpha value is -3.84. The third-order valence-electron chi connectivity index (χ3n) is 5.12. The molecule has 7 heteroatoms. The molecule has 0 bridgehead atoms. The number of allylic oxidation sites excluding steroid dienone is 1. The first kappa shape index (κ1) is 22.4. The zero-order valence-corrected chi connectivity index (χ0v) is 18.8. The van der Waals surface area contributed by atoms with E-state index in [0.29, 0.717) is 23.0 Å². The molecule has 0 aliphatic rings. The van der Waals surface area contributed by atoms with Crippen LogP contribution in [0.1, 0.15) is 11.3 Å². The van der Waals surface area contributed by atoms with Crippen LogP contribution in [-0.4, -0.2) is 46.1 Å². The molecule has 0 spiro atoms. The monoisotopic (exact) mass is 445 g/mol. The number of aromatic nitrogens is 3. The Morgan fingerprint density at radius 1 is 1.03 bits per heavy atom. The van der Waals surface area contributed by atoms with Crippen molar-refractivity contribution in [2.24, 2.45) is 0 Å². The molecule has 0 aliphatic carbocycles. The van der Waals surface area contributed by atoms with Crippen LogP contribution in [0.25, 0.3) is 16.9 Å². The molecule has 0 saturated carbocycles. The average molecular weight is 446 g/mol. The molecule has 0 amide bonds. The molecule has 4 aromatic rings. The van der Waals surface area contributed by atoms with Gasteiger partial charge in [-0.1, -0.05) is 42.5 Å². The molecule has 7 nitrogen and oxygen atoms in total. The zero-order valence-electron chi connectivity index (χ0n) is 18.8. The van der Waals surface area contributed by atoms with Gasteiger partial charge in [0.2, 0.25) is 5.88 Å². The van der Waals surface area contributed by atoms with E-state index in [1.165, 1.54) is 0 Å². The highest BCUT2D eigenvalue weighted by atomic mass is 16.5. The van der Waals surface area contributed by atoms with Crippen molar-refractivity contribution < 1.29 is 19.3 Å². The minimum atomic E-state index is -0.846. The summed E-state index contributed by atoms with van der Waals surface area (Å²) in [6, 6.07) is 19.4. The summed E-state index contributed by atoms with van der Waals surface area (Å²) in [5.41, 5.74) is 4.59. The van der Waals surface area contributed by atoms with Gasteiger partial charge in [0.15, 0.2) is 17.1 Å². The van der Waals surface area contributed by atoms with Crippen molar-refractivity contribution in [3.8, 4) is 28.6 Å². The van der Waals surface area contributed by atoms with Crippen LogP contribution in [0.3, 0.4) is 0 Å². The van der Waals surface area contributed by atoms with E-state index >= 15 is 0 Å². The standard InChI is InChI=1S/C26H27N3O4/c1-4-8-19-11-12-23(24(14-19)31-3)32-16-21(30)17-33-26-15-25-27-22(13-18(2)29(25)28-26)20-9-6-5-7-10-20/h4-7,9-15,21,30H,1,8,16-17H2,2-3H3. The fraction of sp³-hybridized carbons (Fsp3) is 0.231. The highest BCUT2D eigenvalue weighted by Gasteiger charge is 2.13. The number of hydrogen-bond donors (Lipinski definition) is 1. The molecule has 1 unspecified atom stereocenters. The predicted octanol–water partition coefficient (Wildman–Crippen LogP) is 4.26. The molecule has 1 N–H and O–H groups in total. The van der Waals surface area contributed by atoms with Crippen LogP contribution < -0.4 is 14.2 Å². The lowest BCUT2D eigenvalue weighted by Gasteiger charge is -2.15. The fourth-order valence-electron chi connectivity index (χ4n) is 3.47. The number of aliphatic hydroxyl groups excluding tert-OH is 1. The van der Waals surface area contributed by atoms with Crippen molar-refractivity contribution in [3.05, 3.63) is 84.6 Å². The lowest BCUT2D eigenvalue weighted by Crippen LogP contribution is -2.25. The Balaban J connectivity index is 1.38. The summed E-state index contributed by atoms with van der Waals surface area (Å²) in [4.78, 5) is 4.68. The highest BCUT2D eigenvalue weighted by Crippen LogP contribution is 2.28. The Morgan fingerprint density at radius 3 is 2.58 bits per heavy atom. The van der Waals surface area contributed by atoms with E-state index in [-0.39, 0.29) is 13.2 Å². The molecule has 0 saturated heterocycles. The van der Waals surface area contributed by atoms with Crippen molar-refractivity contribution in [2.75, 3.05) is 20.3 Å². The van der Waals surface area contributed by atoms with Crippen LogP contribution >= 0.6 is 0 Å². The first-order chi connectivity index (χ1) is 16.1. The quantitative estimate of drug-likeness (QED) is 0.368. The normalized spacial score (nSPS) is 11.8. The highest BCUT2D eigenvalue weighted by molar-refractivity contribution is 5.62. The van der Waals surface area contributed by atoms with Gasteiger partial charge in [-0.2, -0.15) is 0 Å². The van der Waals surface area contributed by atoms with E-state index < -0.39 is 6.10 Å². The first-order valence-corrected chi connectivity index (χ1v) is 10.7. The maximum Gasteiger partial charge on any atom is 0.235 e. The number of benzene rings is 2. The summed E-state index contributed by atoms with van der Waals surface area (Å²) < 4.78 is 18.6. The smallest absolute Gasteiger partial charge is 0.235 e. The number of hydrogen-bond acceptors (Lipinski definition) is 6. The van der Waals surface area contributed by atoms with Crippen LogP contribution in [0.2, 0.25) is 0 Å². The predicted molar refractivity (Wildman–Crippen MR) is 127 cm³/mol. The van der Waals surface area contributed by atoms with Crippen molar-refractivity contribution in [1.29, 1.82) is 0 Å². The number of aryl methyl sites for hydroxylation is 1. The fourth-order valence-corrected chi connectivity index (χ4v) is 3.47. The molecule has 170 valence electrons. The van der Waals surface area contributed by atoms with Gasteiger partial charge >= 0.3 is 0 Å². The van der Waals surface area contributed by atoms with E-state index in [2.05, 4.69) is 16.7 Å². The maximum atomic E-state index is 10.3. The summed E-state index contributed by atoms with van der Waals surface area (Å²) in [6.07, 6.45) is 1.73. The van der Waals surface area contributed by atoms with Gasteiger partial charge < -0.3 is 19.3 Å². The van der Waals surface area contributed by atoms with E-state index in [9.17, 15) is 5.11 Å². The molecule has 33 heavy (non-hydrogen) atoms. The maximum absolute atomic E-state index is 10.3. The van der Waals surface area contributed by atoms with Crippen molar-refractivity contribution in [2.45, 2.75) is 19.4 Å². The van der Waals surface area contributed by atoms with Crippen molar-refractivity contribution >= 4 is 5.65 Å². The SMILES string of the molecule is C=CCc1ccc(OCC(O)COc2cc3nc(-c4ccccc4)cc(C)n3n2)c(OC)c1. The van der Waals surface area contributed by atoms with Gasteiger partial charge in [-0.15, -0.1) is 11.7 Å². The molecule has 1 atom stereocenters. The molecule has 2 heterocycles. The average Bonchev–Trinajstić information content (AvgIpc) is 3.26. The van der Waals surface area contributed by atoms with Crippen LogP contribution in [0.5, 0.6) is 17.4 Å². The number of rotatable bonds is 10. The van der Waals surface area contributed by atoms with E-state index in [1.54, 1.807) is 17.7 Å². The van der Waals surface area contributed by atoms with Gasteiger partial charge in [0.25, 0.3) is 0 Å². The molecular formula is C26H27N3O4. The number of ether oxygens (including phenoxy) is 3. The Bertz CT molecular complexity index is 1240. The summed E-state index contributed by atoms with van der Waals surface area (Å²) >= 11 is 0. The second-order valence-electron chi connectivity index (χ2n) is 7.66. The van der Waals surface area contributed by atoms with E-state index in [4.69, 9.17) is 14.2 Å². The van der Waals surface area contributed by atoms with Gasteiger partial charge in [-0.25, -0.2) is 9.50 Å². The van der Waals surface area contributed by atoms with Crippen LogP contribution in [0, 0.1) is 6.92 Å². The number of methoxy groups -OCH3 is 1. The van der Waals surface area contributed by atoms with Crippen molar-refractivity contribution in [3.63, 3.8) is 0 Å². The zero-order chi connectivity index (χ0) is 23.2. The number of aliphatic hydroxyl groups is 1. The van der Waals surface area contributed by atoms with Gasteiger partial charge in [-0.3, -0.25) is 0 Å². The molecular weight excluding hydrogens is 418 g/mol. The second-order valence-corrected chi connectivity index (χ2v) is 7.66. The topological polar surface area (TPSA) is 78.1 Å². The molecule has 0 fully saturated rings.